The van der Waals surface area contributed by atoms with Gasteiger partial charge in [-0.3, -0.25) is 10.0 Å². The van der Waals surface area contributed by atoms with E-state index in [0.29, 0.717) is 39.1 Å². The predicted molar refractivity (Wildman–Crippen MR) is 86.9 cm³/mol. The standard InChI is InChI=1S/C17H18N2O5/c1-22-13-9-15(24-3)14(23-2)8-11(13)16-18-12-7-5-4-6-10(12)17(20)19(16)21/h4-9,16,18,21H,1-3H3/t16-/m0/s1. The fourth-order valence-electron chi connectivity index (χ4n) is 2.72. The molecule has 7 nitrogen and oxygen atoms in total. The van der Waals surface area contributed by atoms with Gasteiger partial charge in [0.1, 0.15) is 5.75 Å². The average molecular weight is 330 g/mol. The molecule has 126 valence electrons. The summed E-state index contributed by atoms with van der Waals surface area (Å²) < 4.78 is 15.9. The van der Waals surface area contributed by atoms with E-state index >= 15 is 0 Å². The number of rotatable bonds is 4. The van der Waals surface area contributed by atoms with Gasteiger partial charge >= 0.3 is 0 Å². The van der Waals surface area contributed by atoms with Crippen molar-refractivity contribution in [2.45, 2.75) is 6.17 Å². The molecule has 2 aromatic rings. The number of ether oxygens (including phenoxy) is 3. The highest BCUT2D eigenvalue weighted by Gasteiger charge is 2.34. The molecule has 0 bridgehead atoms. The lowest BCUT2D eigenvalue weighted by Gasteiger charge is -2.34. The number of carbonyl (C=O) groups is 1. The molecule has 1 heterocycles. The smallest absolute Gasteiger partial charge is 0.281 e. The molecule has 24 heavy (non-hydrogen) atoms. The summed E-state index contributed by atoms with van der Waals surface area (Å²) in [7, 11) is 4.54. The van der Waals surface area contributed by atoms with Crippen molar-refractivity contribution in [2.24, 2.45) is 0 Å². The van der Waals surface area contributed by atoms with Crippen LogP contribution < -0.4 is 19.5 Å². The third kappa shape index (κ3) is 2.48. The molecule has 2 aromatic carbocycles. The van der Waals surface area contributed by atoms with Gasteiger partial charge in [-0.25, -0.2) is 0 Å². The summed E-state index contributed by atoms with van der Waals surface area (Å²) in [5.74, 6) is 0.919. The van der Waals surface area contributed by atoms with Crippen LogP contribution in [0.1, 0.15) is 22.1 Å². The van der Waals surface area contributed by atoms with Crippen LogP contribution in [0.25, 0.3) is 0 Å². The Bertz CT molecular complexity index is 778. The minimum atomic E-state index is -0.817. The number of anilines is 1. The molecular formula is C17H18N2O5. The van der Waals surface area contributed by atoms with Gasteiger partial charge in [0.2, 0.25) is 0 Å². The number of hydrogen-bond donors (Lipinski definition) is 2. The van der Waals surface area contributed by atoms with Crippen molar-refractivity contribution in [1.29, 1.82) is 0 Å². The van der Waals surface area contributed by atoms with Crippen molar-refractivity contribution in [3.63, 3.8) is 0 Å². The zero-order valence-corrected chi connectivity index (χ0v) is 13.6. The zero-order chi connectivity index (χ0) is 17.3. The van der Waals surface area contributed by atoms with Gasteiger partial charge in [-0.15, -0.1) is 0 Å². The van der Waals surface area contributed by atoms with Crippen LogP contribution in [0.2, 0.25) is 0 Å². The first kappa shape index (κ1) is 15.9. The monoisotopic (exact) mass is 330 g/mol. The Balaban J connectivity index is 2.10. The number of hydrogen-bond acceptors (Lipinski definition) is 6. The van der Waals surface area contributed by atoms with Crippen molar-refractivity contribution in [1.82, 2.24) is 5.06 Å². The number of fused-ring (bicyclic) bond motifs is 1. The van der Waals surface area contributed by atoms with Crippen LogP contribution in [0, 0.1) is 0 Å². The number of nitrogens with one attached hydrogen (secondary N) is 1. The zero-order valence-electron chi connectivity index (χ0n) is 13.6. The Morgan fingerprint density at radius 2 is 1.62 bits per heavy atom. The number of hydroxylamine groups is 2. The van der Waals surface area contributed by atoms with E-state index < -0.39 is 12.1 Å². The average Bonchev–Trinajstić information content (AvgIpc) is 2.63. The Hall–Kier alpha value is -2.93. The van der Waals surface area contributed by atoms with E-state index in [4.69, 9.17) is 14.2 Å². The maximum atomic E-state index is 12.4. The van der Waals surface area contributed by atoms with Crippen LogP contribution in [0.5, 0.6) is 17.2 Å². The van der Waals surface area contributed by atoms with Crippen molar-refractivity contribution in [3.8, 4) is 17.2 Å². The third-order valence-corrected chi connectivity index (χ3v) is 3.93. The molecule has 0 fully saturated rings. The number of carbonyl (C=O) groups excluding carboxylic acids is 1. The van der Waals surface area contributed by atoms with Gasteiger partial charge in [0.25, 0.3) is 5.91 Å². The molecule has 0 aliphatic carbocycles. The van der Waals surface area contributed by atoms with Crippen molar-refractivity contribution in [2.75, 3.05) is 26.6 Å². The predicted octanol–water partition coefficient (Wildman–Crippen LogP) is 2.67. The van der Waals surface area contributed by atoms with Crippen molar-refractivity contribution in [3.05, 3.63) is 47.5 Å². The number of amides is 1. The molecule has 0 radical (unpaired) electrons. The highest BCUT2D eigenvalue weighted by Crippen LogP contribution is 2.41. The Morgan fingerprint density at radius 1 is 1.00 bits per heavy atom. The minimum absolute atomic E-state index is 0.399. The molecule has 1 amide bonds. The normalized spacial score (nSPS) is 16.2. The van der Waals surface area contributed by atoms with E-state index in [2.05, 4.69) is 5.32 Å². The molecule has 3 rings (SSSR count). The lowest BCUT2D eigenvalue weighted by atomic mass is 10.0. The highest BCUT2D eigenvalue weighted by molar-refractivity contribution is 6.01. The van der Waals surface area contributed by atoms with E-state index in [1.54, 1.807) is 30.3 Å². The molecule has 1 aliphatic heterocycles. The quantitative estimate of drug-likeness (QED) is 0.839. The van der Waals surface area contributed by atoms with Gasteiger partial charge in [-0.1, -0.05) is 12.1 Å². The molecule has 0 aromatic heterocycles. The summed E-state index contributed by atoms with van der Waals surface area (Å²) in [4.78, 5) is 12.4. The molecular weight excluding hydrogens is 312 g/mol. The van der Waals surface area contributed by atoms with Gasteiger partial charge in [0, 0.05) is 17.3 Å². The second-order valence-corrected chi connectivity index (χ2v) is 5.19. The Morgan fingerprint density at radius 3 is 2.29 bits per heavy atom. The van der Waals surface area contributed by atoms with Gasteiger partial charge < -0.3 is 19.5 Å². The van der Waals surface area contributed by atoms with Crippen LogP contribution in [0.4, 0.5) is 5.69 Å². The van der Waals surface area contributed by atoms with Crippen molar-refractivity contribution >= 4 is 11.6 Å². The lowest BCUT2D eigenvalue weighted by Crippen LogP contribution is -2.40. The SMILES string of the molecule is COc1cc(OC)c([C@H]2Nc3ccccc3C(=O)N2O)cc1OC. The maximum Gasteiger partial charge on any atom is 0.281 e. The summed E-state index contributed by atoms with van der Waals surface area (Å²) in [5, 5.41) is 14.1. The molecule has 0 saturated carbocycles. The second kappa shape index (κ2) is 6.29. The summed E-state index contributed by atoms with van der Waals surface area (Å²) in [5.41, 5.74) is 1.57. The summed E-state index contributed by atoms with van der Waals surface area (Å²) in [6.45, 7) is 0. The lowest BCUT2D eigenvalue weighted by molar-refractivity contribution is -0.0855. The molecule has 0 unspecified atom stereocenters. The van der Waals surface area contributed by atoms with Gasteiger partial charge in [0.15, 0.2) is 17.7 Å². The van der Waals surface area contributed by atoms with Gasteiger partial charge in [0.05, 0.1) is 26.9 Å². The van der Waals surface area contributed by atoms with Crippen LogP contribution in [-0.4, -0.2) is 37.5 Å². The van der Waals surface area contributed by atoms with Crippen LogP contribution in [0.15, 0.2) is 36.4 Å². The minimum Gasteiger partial charge on any atom is -0.496 e. The van der Waals surface area contributed by atoms with Gasteiger partial charge in [-0.05, 0) is 18.2 Å². The van der Waals surface area contributed by atoms with Crippen molar-refractivity contribution < 1.29 is 24.2 Å². The topological polar surface area (TPSA) is 80.3 Å². The molecule has 2 N–H and O–H groups in total. The van der Waals surface area contributed by atoms with E-state index in [1.807, 2.05) is 6.07 Å². The van der Waals surface area contributed by atoms with Crippen LogP contribution >= 0.6 is 0 Å². The maximum absolute atomic E-state index is 12.4. The number of methoxy groups -OCH3 is 3. The summed E-state index contributed by atoms with van der Waals surface area (Å²) >= 11 is 0. The molecule has 7 heteroatoms. The highest BCUT2D eigenvalue weighted by atomic mass is 16.5. The van der Waals surface area contributed by atoms with E-state index in [1.165, 1.54) is 21.3 Å². The number of para-hydroxylation sites is 1. The fraction of sp³-hybridized carbons (Fsp3) is 0.235. The van der Waals surface area contributed by atoms with E-state index in [0.717, 1.165) is 0 Å². The number of benzene rings is 2. The second-order valence-electron chi connectivity index (χ2n) is 5.19. The fourth-order valence-corrected chi connectivity index (χ4v) is 2.72. The summed E-state index contributed by atoms with van der Waals surface area (Å²) in [6.07, 6.45) is -0.817. The third-order valence-electron chi connectivity index (χ3n) is 3.93. The van der Waals surface area contributed by atoms with E-state index in [-0.39, 0.29) is 0 Å². The molecule has 0 saturated heterocycles. The number of nitrogens with zero attached hydrogens (tertiary/aromatic N) is 1. The van der Waals surface area contributed by atoms with E-state index in [9.17, 15) is 10.0 Å². The van der Waals surface area contributed by atoms with Crippen LogP contribution in [-0.2, 0) is 0 Å². The Kier molecular flexibility index (Phi) is 4.18. The Labute approximate surface area is 139 Å². The summed E-state index contributed by atoms with van der Waals surface area (Å²) in [6, 6.07) is 10.3. The first-order chi connectivity index (χ1) is 11.6. The van der Waals surface area contributed by atoms with Crippen LogP contribution in [0.3, 0.4) is 0 Å². The first-order valence-corrected chi connectivity index (χ1v) is 7.28. The largest absolute Gasteiger partial charge is 0.496 e. The molecule has 0 spiro atoms. The molecule has 1 aliphatic rings. The first-order valence-electron chi connectivity index (χ1n) is 7.28. The molecule has 1 atom stereocenters. The van der Waals surface area contributed by atoms with Gasteiger partial charge in [-0.2, -0.15) is 5.06 Å².